The highest BCUT2D eigenvalue weighted by Crippen LogP contribution is 2.33. The molecule has 0 aliphatic carbocycles. The van der Waals surface area contributed by atoms with Crippen molar-refractivity contribution in [1.82, 2.24) is 5.43 Å². The number of halogens is 1. The van der Waals surface area contributed by atoms with Crippen molar-refractivity contribution in [1.29, 1.82) is 5.26 Å². The summed E-state index contributed by atoms with van der Waals surface area (Å²) in [5, 5.41) is 12.9. The lowest BCUT2D eigenvalue weighted by Gasteiger charge is -1.97. The average Bonchev–Trinajstić information content (AvgIpc) is 2.89. The lowest BCUT2D eigenvalue weighted by Crippen LogP contribution is -2.15. The number of carbonyl (C=O) groups excluding carboxylic acids is 1. The van der Waals surface area contributed by atoms with Gasteiger partial charge in [0.1, 0.15) is 6.42 Å². The maximum absolute atomic E-state index is 11.0. The molecular weight excluding hydrogens is 326 g/mol. The van der Waals surface area contributed by atoms with Crippen LogP contribution in [0.5, 0.6) is 0 Å². The molecule has 1 aromatic heterocycles. The minimum atomic E-state index is -0.416. The number of hydrazone groups is 1. The van der Waals surface area contributed by atoms with Gasteiger partial charge in [-0.3, -0.25) is 4.79 Å². The van der Waals surface area contributed by atoms with Crippen LogP contribution < -0.4 is 5.43 Å². The molecule has 0 fully saturated rings. The van der Waals surface area contributed by atoms with E-state index in [0.29, 0.717) is 5.02 Å². The summed E-state index contributed by atoms with van der Waals surface area (Å²) < 4.78 is 1.11. The molecule has 0 aliphatic heterocycles. The molecule has 2 aromatic rings. The van der Waals surface area contributed by atoms with Gasteiger partial charge in [0.15, 0.2) is 0 Å². The molecule has 7 heteroatoms. The first-order chi connectivity index (χ1) is 10.2. The Kier molecular flexibility index (Phi) is 5.81. The Hall–Kier alpha value is -1.81. The summed E-state index contributed by atoms with van der Waals surface area (Å²) in [6.07, 6.45) is 1.37. The molecule has 0 radical (unpaired) electrons. The number of hydrogen-bond donors (Lipinski definition) is 1. The number of rotatable bonds is 5. The van der Waals surface area contributed by atoms with Crippen molar-refractivity contribution in [3.05, 3.63) is 46.3 Å². The van der Waals surface area contributed by atoms with Gasteiger partial charge in [-0.1, -0.05) is 23.4 Å². The minimum Gasteiger partial charge on any atom is -0.272 e. The molecule has 0 bridgehead atoms. The van der Waals surface area contributed by atoms with Crippen molar-refractivity contribution in [2.24, 2.45) is 5.10 Å². The van der Waals surface area contributed by atoms with E-state index in [4.69, 9.17) is 16.9 Å². The zero-order chi connectivity index (χ0) is 15.1. The van der Waals surface area contributed by atoms with E-state index in [1.807, 2.05) is 36.4 Å². The Morgan fingerprint density at radius 1 is 1.38 bits per heavy atom. The van der Waals surface area contributed by atoms with Crippen LogP contribution in [0.2, 0.25) is 5.02 Å². The number of nitriles is 1. The average molecular weight is 336 g/mol. The van der Waals surface area contributed by atoms with E-state index in [0.717, 1.165) is 14.0 Å². The van der Waals surface area contributed by atoms with E-state index in [1.54, 1.807) is 35.4 Å². The second-order valence-electron chi connectivity index (χ2n) is 3.84. The van der Waals surface area contributed by atoms with E-state index in [1.165, 1.54) is 0 Å². The molecule has 0 saturated carbocycles. The van der Waals surface area contributed by atoms with Gasteiger partial charge < -0.3 is 0 Å². The van der Waals surface area contributed by atoms with Gasteiger partial charge in [0, 0.05) is 14.8 Å². The van der Waals surface area contributed by atoms with Crippen LogP contribution in [0.25, 0.3) is 0 Å². The van der Waals surface area contributed by atoms with Crippen molar-refractivity contribution >= 4 is 46.8 Å². The summed E-state index contributed by atoms with van der Waals surface area (Å²) in [6, 6.07) is 13.3. The summed E-state index contributed by atoms with van der Waals surface area (Å²) >= 11 is 9.04. The van der Waals surface area contributed by atoms with Gasteiger partial charge in [-0.2, -0.15) is 10.4 Å². The summed E-state index contributed by atoms with van der Waals surface area (Å²) in [5.41, 5.74) is 2.29. The molecule has 1 amide bonds. The van der Waals surface area contributed by atoms with Crippen molar-refractivity contribution in [2.45, 2.75) is 15.5 Å². The van der Waals surface area contributed by atoms with Crippen LogP contribution in [0.15, 0.2) is 50.6 Å². The third-order valence-electron chi connectivity index (χ3n) is 2.25. The van der Waals surface area contributed by atoms with E-state index in [2.05, 4.69) is 10.5 Å². The van der Waals surface area contributed by atoms with Crippen LogP contribution in [0.3, 0.4) is 0 Å². The largest absolute Gasteiger partial charge is 0.272 e. The standard InChI is InChI=1S/C14H10ClN3OS2/c15-10-1-3-11(4-2-10)20-14-6-5-12(21-14)9-17-18-13(19)7-8-16/h1-6,9H,7H2,(H,18,19)/b17-9+. The fourth-order valence-corrected chi connectivity index (χ4v) is 3.48. The minimum absolute atomic E-state index is 0.195. The molecule has 0 aliphatic rings. The highest BCUT2D eigenvalue weighted by molar-refractivity contribution is 8.01. The number of benzene rings is 1. The van der Waals surface area contributed by atoms with Gasteiger partial charge in [0.25, 0.3) is 5.91 Å². The number of amides is 1. The van der Waals surface area contributed by atoms with Gasteiger partial charge in [0.2, 0.25) is 0 Å². The van der Waals surface area contributed by atoms with Crippen LogP contribution in [0.1, 0.15) is 11.3 Å². The van der Waals surface area contributed by atoms with Gasteiger partial charge in [-0.15, -0.1) is 11.3 Å². The normalized spacial score (nSPS) is 10.5. The van der Waals surface area contributed by atoms with E-state index < -0.39 is 5.91 Å². The fourth-order valence-electron chi connectivity index (χ4n) is 1.36. The van der Waals surface area contributed by atoms with Gasteiger partial charge in [-0.25, -0.2) is 5.43 Å². The lowest BCUT2D eigenvalue weighted by atomic mass is 10.4. The van der Waals surface area contributed by atoms with E-state index in [9.17, 15) is 4.79 Å². The van der Waals surface area contributed by atoms with Crippen molar-refractivity contribution < 1.29 is 4.79 Å². The first-order valence-corrected chi connectivity index (χ1v) is 7.90. The number of carbonyl (C=O) groups is 1. The summed E-state index contributed by atoms with van der Waals surface area (Å²) in [6.45, 7) is 0. The zero-order valence-electron chi connectivity index (χ0n) is 10.7. The predicted molar refractivity (Wildman–Crippen MR) is 85.9 cm³/mol. The molecule has 1 aromatic carbocycles. The molecule has 0 spiro atoms. The highest BCUT2D eigenvalue weighted by Gasteiger charge is 2.02. The first kappa shape index (κ1) is 15.6. The summed E-state index contributed by atoms with van der Waals surface area (Å²) in [7, 11) is 0. The molecule has 21 heavy (non-hydrogen) atoms. The van der Waals surface area contributed by atoms with Gasteiger partial charge in [-0.05, 0) is 36.4 Å². The quantitative estimate of drug-likeness (QED) is 0.665. The van der Waals surface area contributed by atoms with Crippen LogP contribution in [0, 0.1) is 11.3 Å². The number of nitrogens with one attached hydrogen (secondary N) is 1. The van der Waals surface area contributed by atoms with Gasteiger partial charge in [0.05, 0.1) is 16.5 Å². The lowest BCUT2D eigenvalue weighted by molar-refractivity contribution is -0.120. The van der Waals surface area contributed by atoms with Crippen LogP contribution in [-0.2, 0) is 4.79 Å². The summed E-state index contributed by atoms with van der Waals surface area (Å²) in [4.78, 5) is 13.1. The molecule has 106 valence electrons. The van der Waals surface area contributed by atoms with Crippen molar-refractivity contribution in [2.75, 3.05) is 0 Å². The van der Waals surface area contributed by atoms with Crippen LogP contribution >= 0.6 is 34.7 Å². The third kappa shape index (κ3) is 5.23. The third-order valence-corrected chi connectivity index (χ3v) is 4.67. The Labute approximate surface area is 135 Å². The van der Waals surface area contributed by atoms with E-state index >= 15 is 0 Å². The van der Waals surface area contributed by atoms with Gasteiger partial charge >= 0.3 is 0 Å². The van der Waals surface area contributed by atoms with Crippen molar-refractivity contribution in [3.8, 4) is 6.07 Å². The predicted octanol–water partition coefficient (Wildman–Crippen LogP) is 3.92. The number of nitrogens with zero attached hydrogens (tertiary/aromatic N) is 2. The number of thiophene rings is 1. The molecule has 0 saturated heterocycles. The topological polar surface area (TPSA) is 65.2 Å². The second kappa shape index (κ2) is 7.84. The first-order valence-electron chi connectivity index (χ1n) is 5.89. The monoisotopic (exact) mass is 335 g/mol. The highest BCUT2D eigenvalue weighted by atomic mass is 35.5. The molecule has 1 heterocycles. The molecule has 0 unspecified atom stereocenters. The molecule has 4 nitrogen and oxygen atoms in total. The molecule has 0 atom stereocenters. The van der Waals surface area contributed by atoms with Crippen LogP contribution in [-0.4, -0.2) is 12.1 Å². The molecule has 2 rings (SSSR count). The summed E-state index contributed by atoms with van der Waals surface area (Å²) in [5.74, 6) is -0.416. The Morgan fingerprint density at radius 3 is 2.86 bits per heavy atom. The number of hydrogen-bond acceptors (Lipinski definition) is 5. The smallest absolute Gasteiger partial charge is 0.254 e. The van der Waals surface area contributed by atoms with E-state index in [-0.39, 0.29) is 6.42 Å². The Balaban J connectivity index is 1.92. The Bertz CT molecular complexity index is 689. The zero-order valence-corrected chi connectivity index (χ0v) is 13.1. The Morgan fingerprint density at radius 2 is 2.14 bits per heavy atom. The van der Waals surface area contributed by atoms with Crippen LogP contribution in [0.4, 0.5) is 0 Å². The molecular formula is C14H10ClN3OS2. The molecule has 1 N–H and O–H groups in total. The maximum Gasteiger partial charge on any atom is 0.254 e. The SMILES string of the molecule is N#CCC(=O)N/N=C/c1ccc(Sc2ccc(Cl)cc2)s1. The van der Waals surface area contributed by atoms with Crippen molar-refractivity contribution in [3.63, 3.8) is 0 Å². The maximum atomic E-state index is 11.0. The fraction of sp³-hybridized carbons (Fsp3) is 0.0714. The second-order valence-corrected chi connectivity index (χ2v) is 6.77.